The summed E-state index contributed by atoms with van der Waals surface area (Å²) >= 11 is 12.0. The molecular formula is C16H15Cl2NO2. The molecule has 0 aromatic heterocycles. The Hall–Kier alpha value is -1.71. The Morgan fingerprint density at radius 2 is 1.95 bits per heavy atom. The molecule has 0 unspecified atom stereocenters. The van der Waals surface area contributed by atoms with Gasteiger partial charge in [-0.15, -0.1) is 0 Å². The van der Waals surface area contributed by atoms with Gasteiger partial charge in [-0.2, -0.15) is 0 Å². The van der Waals surface area contributed by atoms with Crippen LogP contribution in [-0.4, -0.2) is 19.4 Å². The fourth-order valence-electron chi connectivity index (χ4n) is 1.90. The predicted molar refractivity (Wildman–Crippen MR) is 87.0 cm³/mol. The number of ketones is 1. The summed E-state index contributed by atoms with van der Waals surface area (Å²) in [6.07, 6.45) is 0. The lowest BCUT2D eigenvalue weighted by molar-refractivity contribution is 0.101. The highest BCUT2D eigenvalue weighted by atomic mass is 35.5. The van der Waals surface area contributed by atoms with Gasteiger partial charge in [0.15, 0.2) is 5.78 Å². The topological polar surface area (TPSA) is 38.3 Å². The minimum Gasteiger partial charge on any atom is -0.495 e. The van der Waals surface area contributed by atoms with Gasteiger partial charge in [0.05, 0.1) is 18.7 Å². The number of methoxy groups -OCH3 is 1. The Balaban J connectivity index is 2.08. The number of hydrogen-bond acceptors (Lipinski definition) is 3. The van der Waals surface area contributed by atoms with Crippen LogP contribution >= 0.6 is 23.2 Å². The van der Waals surface area contributed by atoms with Crippen molar-refractivity contribution < 1.29 is 9.53 Å². The molecule has 0 atom stereocenters. The maximum absolute atomic E-state index is 12.2. The highest BCUT2D eigenvalue weighted by molar-refractivity contribution is 6.32. The first-order valence-corrected chi connectivity index (χ1v) is 7.13. The second kappa shape index (κ2) is 6.83. The maximum atomic E-state index is 12.2. The zero-order valence-corrected chi connectivity index (χ0v) is 13.3. The molecule has 0 aliphatic heterocycles. The van der Waals surface area contributed by atoms with E-state index in [2.05, 4.69) is 5.32 Å². The van der Waals surface area contributed by atoms with E-state index in [0.29, 0.717) is 21.4 Å². The molecule has 110 valence electrons. The standard InChI is InChI=1S/C16H15Cl2NO2/c1-10-3-5-12(17)8-14(10)19-9-15(20)11-4-6-16(21-2)13(18)7-11/h3-8,19H,9H2,1-2H3. The van der Waals surface area contributed by atoms with Crippen LogP contribution in [0.15, 0.2) is 36.4 Å². The van der Waals surface area contributed by atoms with Gasteiger partial charge in [0.2, 0.25) is 0 Å². The van der Waals surface area contributed by atoms with Crippen LogP contribution in [0, 0.1) is 6.92 Å². The van der Waals surface area contributed by atoms with Crippen molar-refractivity contribution in [1.82, 2.24) is 0 Å². The molecule has 3 nitrogen and oxygen atoms in total. The van der Waals surface area contributed by atoms with Gasteiger partial charge in [-0.1, -0.05) is 29.3 Å². The van der Waals surface area contributed by atoms with Crippen molar-refractivity contribution in [2.24, 2.45) is 0 Å². The number of aryl methyl sites for hydroxylation is 1. The van der Waals surface area contributed by atoms with Gasteiger partial charge in [0, 0.05) is 16.3 Å². The minimum atomic E-state index is -0.0565. The van der Waals surface area contributed by atoms with Gasteiger partial charge in [-0.25, -0.2) is 0 Å². The van der Waals surface area contributed by atoms with Gasteiger partial charge in [-0.3, -0.25) is 4.79 Å². The van der Waals surface area contributed by atoms with Crippen LogP contribution < -0.4 is 10.1 Å². The largest absolute Gasteiger partial charge is 0.495 e. The monoisotopic (exact) mass is 323 g/mol. The average molecular weight is 324 g/mol. The van der Waals surface area contributed by atoms with Gasteiger partial charge >= 0.3 is 0 Å². The van der Waals surface area contributed by atoms with Crippen molar-refractivity contribution >= 4 is 34.7 Å². The number of benzene rings is 2. The first kappa shape index (κ1) is 15.7. The molecule has 0 amide bonds. The number of ether oxygens (including phenoxy) is 1. The quantitative estimate of drug-likeness (QED) is 0.817. The number of hydrogen-bond donors (Lipinski definition) is 1. The highest BCUT2D eigenvalue weighted by Gasteiger charge is 2.10. The highest BCUT2D eigenvalue weighted by Crippen LogP contribution is 2.25. The van der Waals surface area contributed by atoms with Crippen molar-refractivity contribution in [3.05, 3.63) is 57.6 Å². The Kier molecular flexibility index (Phi) is 5.10. The molecule has 5 heteroatoms. The van der Waals surface area contributed by atoms with E-state index in [1.54, 1.807) is 24.3 Å². The van der Waals surface area contributed by atoms with Crippen LogP contribution in [0.1, 0.15) is 15.9 Å². The molecule has 0 aliphatic carbocycles. The number of nitrogens with one attached hydrogen (secondary N) is 1. The van der Waals surface area contributed by atoms with Crippen molar-refractivity contribution in [2.75, 3.05) is 19.0 Å². The summed E-state index contributed by atoms with van der Waals surface area (Å²) in [6, 6.07) is 10.5. The zero-order valence-electron chi connectivity index (χ0n) is 11.7. The molecule has 0 radical (unpaired) electrons. The Bertz CT molecular complexity index is 671. The summed E-state index contributed by atoms with van der Waals surface area (Å²) in [5.41, 5.74) is 2.41. The number of halogens is 2. The summed E-state index contributed by atoms with van der Waals surface area (Å²) < 4.78 is 5.06. The lowest BCUT2D eigenvalue weighted by Crippen LogP contribution is -2.14. The van der Waals surface area contributed by atoms with E-state index >= 15 is 0 Å². The van der Waals surface area contributed by atoms with Crippen molar-refractivity contribution in [1.29, 1.82) is 0 Å². The van der Waals surface area contributed by atoms with E-state index in [4.69, 9.17) is 27.9 Å². The summed E-state index contributed by atoms with van der Waals surface area (Å²) in [7, 11) is 1.53. The molecular weight excluding hydrogens is 309 g/mol. The molecule has 0 spiro atoms. The number of rotatable bonds is 5. The van der Waals surface area contributed by atoms with Crippen LogP contribution in [0.4, 0.5) is 5.69 Å². The van der Waals surface area contributed by atoms with Crippen LogP contribution in [0.3, 0.4) is 0 Å². The molecule has 0 heterocycles. The smallest absolute Gasteiger partial charge is 0.181 e. The molecule has 0 fully saturated rings. The molecule has 1 N–H and O–H groups in total. The van der Waals surface area contributed by atoms with Crippen molar-refractivity contribution in [3.63, 3.8) is 0 Å². The van der Waals surface area contributed by atoms with Gasteiger partial charge in [0.25, 0.3) is 0 Å². The molecule has 2 rings (SSSR count). The number of Topliss-reactive ketones (excluding diaryl/α,β-unsaturated/α-hetero) is 1. The Morgan fingerprint density at radius 3 is 2.62 bits per heavy atom. The molecule has 0 saturated carbocycles. The van der Waals surface area contributed by atoms with Crippen molar-refractivity contribution in [3.8, 4) is 5.75 Å². The van der Waals surface area contributed by atoms with Crippen LogP contribution in [0.2, 0.25) is 10.0 Å². The lowest BCUT2D eigenvalue weighted by Gasteiger charge is -2.10. The summed E-state index contributed by atoms with van der Waals surface area (Å²) in [6.45, 7) is 2.12. The van der Waals surface area contributed by atoms with Crippen molar-refractivity contribution in [2.45, 2.75) is 6.92 Å². The van der Waals surface area contributed by atoms with Crippen LogP contribution in [0.5, 0.6) is 5.75 Å². The Morgan fingerprint density at radius 1 is 1.19 bits per heavy atom. The molecule has 2 aromatic rings. The van der Waals surface area contributed by atoms with E-state index < -0.39 is 0 Å². The lowest BCUT2D eigenvalue weighted by atomic mass is 10.1. The van der Waals surface area contributed by atoms with E-state index in [0.717, 1.165) is 11.3 Å². The van der Waals surface area contributed by atoms with E-state index in [1.165, 1.54) is 7.11 Å². The summed E-state index contributed by atoms with van der Waals surface area (Å²) in [5, 5.41) is 4.14. The average Bonchev–Trinajstić information content (AvgIpc) is 2.47. The van der Waals surface area contributed by atoms with Crippen LogP contribution in [-0.2, 0) is 0 Å². The third-order valence-electron chi connectivity index (χ3n) is 3.11. The third kappa shape index (κ3) is 3.90. The molecule has 21 heavy (non-hydrogen) atoms. The van der Waals surface area contributed by atoms with Crippen LogP contribution in [0.25, 0.3) is 0 Å². The molecule has 2 aromatic carbocycles. The normalized spacial score (nSPS) is 10.3. The Labute approximate surface area is 133 Å². The molecule has 0 bridgehead atoms. The molecule has 0 aliphatic rings. The minimum absolute atomic E-state index is 0.0565. The first-order valence-electron chi connectivity index (χ1n) is 6.38. The summed E-state index contributed by atoms with van der Waals surface area (Å²) in [4.78, 5) is 12.2. The van der Waals surface area contributed by atoms with E-state index in [1.807, 2.05) is 19.1 Å². The van der Waals surface area contributed by atoms with E-state index in [9.17, 15) is 4.79 Å². The second-order valence-corrected chi connectivity index (χ2v) is 5.43. The predicted octanol–water partition coefficient (Wildman–Crippen LogP) is 4.61. The number of carbonyl (C=O) groups is 1. The fourth-order valence-corrected chi connectivity index (χ4v) is 2.33. The number of carbonyl (C=O) groups excluding carboxylic acids is 1. The van der Waals surface area contributed by atoms with E-state index in [-0.39, 0.29) is 12.3 Å². The zero-order chi connectivity index (χ0) is 15.4. The fraction of sp³-hybridized carbons (Fsp3) is 0.188. The molecule has 0 saturated heterocycles. The number of anilines is 1. The SMILES string of the molecule is COc1ccc(C(=O)CNc2cc(Cl)ccc2C)cc1Cl. The van der Waals surface area contributed by atoms with Gasteiger partial charge in [-0.05, 0) is 42.8 Å². The summed E-state index contributed by atoms with van der Waals surface area (Å²) in [5.74, 6) is 0.491. The maximum Gasteiger partial charge on any atom is 0.181 e. The van der Waals surface area contributed by atoms with Gasteiger partial charge < -0.3 is 10.1 Å². The second-order valence-electron chi connectivity index (χ2n) is 4.59. The van der Waals surface area contributed by atoms with Gasteiger partial charge in [0.1, 0.15) is 5.75 Å². The first-order chi connectivity index (χ1) is 10.0. The third-order valence-corrected chi connectivity index (χ3v) is 3.64.